The zero-order valence-corrected chi connectivity index (χ0v) is 52.6. The predicted octanol–water partition coefficient (Wildman–Crippen LogP) is 23.7. The Morgan fingerprint density at radius 2 is 0.494 bits per heavy atom. The molecule has 6 heteroatoms. The number of unbranched alkanes of at least 4 members (excludes halogenated alkanes) is 40. The van der Waals surface area contributed by atoms with Gasteiger partial charge in [-0.1, -0.05) is 299 Å². The molecular weight excluding hydrogens is 973 g/mol. The van der Waals surface area contributed by atoms with Gasteiger partial charge in [-0.25, -0.2) is 0 Å². The maximum Gasteiger partial charge on any atom is 0.306 e. The van der Waals surface area contributed by atoms with Crippen LogP contribution in [-0.4, -0.2) is 37.2 Å². The first-order valence-electron chi connectivity index (χ1n) is 34.4. The van der Waals surface area contributed by atoms with Crippen molar-refractivity contribution in [3.63, 3.8) is 0 Å². The van der Waals surface area contributed by atoms with Gasteiger partial charge in [0.1, 0.15) is 13.2 Å². The monoisotopic (exact) mass is 1100 g/mol. The second-order valence-electron chi connectivity index (χ2n) is 23.1. The molecule has 0 aromatic carbocycles. The van der Waals surface area contributed by atoms with E-state index < -0.39 is 6.10 Å². The zero-order chi connectivity index (χ0) is 57.1. The molecule has 0 N–H and O–H groups in total. The minimum atomic E-state index is -0.784. The van der Waals surface area contributed by atoms with E-state index >= 15 is 0 Å². The third kappa shape index (κ3) is 65.5. The molecule has 79 heavy (non-hydrogen) atoms. The number of carbonyl (C=O) groups is 3. The van der Waals surface area contributed by atoms with E-state index in [1.165, 1.54) is 218 Å². The van der Waals surface area contributed by atoms with Crippen LogP contribution in [0.25, 0.3) is 0 Å². The average molecular weight is 1100 g/mol. The van der Waals surface area contributed by atoms with Crippen LogP contribution in [0.1, 0.15) is 355 Å². The third-order valence-corrected chi connectivity index (χ3v) is 15.2. The fourth-order valence-electron chi connectivity index (χ4n) is 10.0. The van der Waals surface area contributed by atoms with Gasteiger partial charge in [0.05, 0.1) is 0 Å². The van der Waals surface area contributed by atoms with Gasteiger partial charge in [0, 0.05) is 19.3 Å². The topological polar surface area (TPSA) is 78.9 Å². The van der Waals surface area contributed by atoms with Gasteiger partial charge in [-0.2, -0.15) is 0 Å². The molecule has 0 saturated carbocycles. The first-order chi connectivity index (χ1) is 39.0. The van der Waals surface area contributed by atoms with Gasteiger partial charge in [-0.3, -0.25) is 14.4 Å². The summed E-state index contributed by atoms with van der Waals surface area (Å²) in [6.07, 6.45) is 87.8. The second-order valence-corrected chi connectivity index (χ2v) is 23.1. The van der Waals surface area contributed by atoms with Crippen LogP contribution >= 0.6 is 0 Å². The first kappa shape index (κ1) is 75.8. The van der Waals surface area contributed by atoms with Crippen LogP contribution < -0.4 is 0 Å². The van der Waals surface area contributed by atoms with Gasteiger partial charge in [0.15, 0.2) is 6.10 Å². The summed E-state index contributed by atoms with van der Waals surface area (Å²) in [5.74, 6) is -0.878. The van der Waals surface area contributed by atoms with Crippen LogP contribution in [0.15, 0.2) is 72.9 Å². The Morgan fingerprint density at radius 1 is 0.266 bits per heavy atom. The maximum absolute atomic E-state index is 12.9. The highest BCUT2D eigenvalue weighted by Crippen LogP contribution is 2.17. The molecule has 0 aromatic rings. The molecule has 0 fully saturated rings. The molecule has 458 valence electrons. The van der Waals surface area contributed by atoms with E-state index in [-0.39, 0.29) is 31.1 Å². The van der Waals surface area contributed by atoms with Crippen molar-refractivity contribution >= 4 is 17.9 Å². The van der Waals surface area contributed by atoms with Crippen molar-refractivity contribution in [1.82, 2.24) is 0 Å². The van der Waals surface area contributed by atoms with Crippen LogP contribution in [0.5, 0.6) is 0 Å². The molecule has 0 aliphatic heterocycles. The highest BCUT2D eigenvalue weighted by Gasteiger charge is 2.19. The number of hydrogen-bond donors (Lipinski definition) is 0. The fraction of sp³-hybridized carbons (Fsp3) is 0.795. The second kappa shape index (κ2) is 67.4. The van der Waals surface area contributed by atoms with Crippen molar-refractivity contribution in [3.8, 4) is 0 Å². The van der Waals surface area contributed by atoms with Gasteiger partial charge in [-0.05, 0) is 109 Å². The molecule has 0 aromatic heterocycles. The van der Waals surface area contributed by atoms with Crippen molar-refractivity contribution in [2.45, 2.75) is 361 Å². The Morgan fingerprint density at radius 3 is 0.797 bits per heavy atom. The Hall–Kier alpha value is -3.15. The van der Waals surface area contributed by atoms with Gasteiger partial charge >= 0.3 is 17.9 Å². The van der Waals surface area contributed by atoms with Crippen LogP contribution in [0, 0.1) is 0 Å². The SMILES string of the molecule is CC/C=C\C/C=C\C/C=C\C/C=C\CCCCCCCCCCC(=O)OC(COC(=O)CCCCCCC/C=C\CCCCCC)COC(=O)CCCCCCCCCCCCCCCCC/C=C\CCCCCCCCCC. The van der Waals surface area contributed by atoms with Crippen LogP contribution in [-0.2, 0) is 28.6 Å². The summed E-state index contributed by atoms with van der Waals surface area (Å²) < 4.78 is 17.0. The van der Waals surface area contributed by atoms with Crippen molar-refractivity contribution in [1.29, 1.82) is 0 Å². The minimum Gasteiger partial charge on any atom is -0.462 e. The van der Waals surface area contributed by atoms with E-state index in [1.54, 1.807) is 0 Å². The van der Waals surface area contributed by atoms with Gasteiger partial charge in [-0.15, -0.1) is 0 Å². The fourth-order valence-corrected chi connectivity index (χ4v) is 10.0. The van der Waals surface area contributed by atoms with Crippen molar-refractivity contribution < 1.29 is 28.6 Å². The molecule has 0 saturated heterocycles. The summed E-state index contributed by atoms with van der Waals surface area (Å²) >= 11 is 0. The molecule has 1 unspecified atom stereocenters. The Labute approximate surface area is 491 Å². The smallest absolute Gasteiger partial charge is 0.306 e. The van der Waals surface area contributed by atoms with Crippen molar-refractivity contribution in [2.75, 3.05) is 13.2 Å². The molecule has 0 aliphatic rings. The molecule has 6 nitrogen and oxygen atoms in total. The molecule has 0 heterocycles. The number of allylic oxidation sites excluding steroid dienone is 12. The highest BCUT2D eigenvalue weighted by atomic mass is 16.6. The molecule has 0 amide bonds. The molecule has 0 radical (unpaired) electrons. The molecular formula is C73H130O6. The summed E-state index contributed by atoms with van der Waals surface area (Å²) in [4.78, 5) is 38.4. The van der Waals surface area contributed by atoms with Gasteiger partial charge < -0.3 is 14.2 Å². The number of rotatable bonds is 63. The first-order valence-corrected chi connectivity index (χ1v) is 34.4. The maximum atomic E-state index is 12.9. The van der Waals surface area contributed by atoms with E-state index in [2.05, 4.69) is 93.7 Å². The van der Waals surface area contributed by atoms with E-state index in [1.807, 2.05) is 0 Å². The Kier molecular flexibility index (Phi) is 64.7. The Balaban J connectivity index is 4.26. The molecule has 1 atom stereocenters. The zero-order valence-electron chi connectivity index (χ0n) is 52.6. The largest absolute Gasteiger partial charge is 0.462 e. The third-order valence-electron chi connectivity index (χ3n) is 15.2. The van der Waals surface area contributed by atoms with E-state index in [0.29, 0.717) is 19.3 Å². The normalized spacial score (nSPS) is 12.5. The lowest BCUT2D eigenvalue weighted by Crippen LogP contribution is -2.30. The Bertz CT molecular complexity index is 1450. The highest BCUT2D eigenvalue weighted by molar-refractivity contribution is 5.71. The predicted molar refractivity (Wildman–Crippen MR) is 344 cm³/mol. The van der Waals surface area contributed by atoms with E-state index in [9.17, 15) is 14.4 Å². The number of carbonyl (C=O) groups excluding carboxylic acids is 3. The van der Waals surface area contributed by atoms with E-state index in [4.69, 9.17) is 14.2 Å². The summed E-state index contributed by atoms with van der Waals surface area (Å²) in [6.45, 7) is 6.55. The lowest BCUT2D eigenvalue weighted by Gasteiger charge is -2.18. The minimum absolute atomic E-state index is 0.0787. The van der Waals surface area contributed by atoms with Crippen molar-refractivity contribution in [2.24, 2.45) is 0 Å². The summed E-state index contributed by atoms with van der Waals surface area (Å²) in [5, 5.41) is 0. The number of ether oxygens (including phenoxy) is 3. The summed E-state index contributed by atoms with van der Waals surface area (Å²) in [7, 11) is 0. The average Bonchev–Trinajstić information content (AvgIpc) is 3.45. The standard InChI is InChI=1S/C73H130O6/c1-4-7-10-13-16-19-22-25-27-29-31-33-34-35-36-37-38-40-41-43-45-48-51-54-57-60-63-66-72(75)78-69-70(68-77-71(74)65-62-59-56-53-50-47-24-21-18-15-12-9-6-3)79-73(76)67-64-61-58-55-52-49-46-44-42-39-32-30-28-26-23-20-17-14-11-8-5-2/h8,11,17,20-21,24,26,28-29,31-32,39,70H,4-7,9-10,12-16,18-19,22-23,25,27,30,33-38,40-69H2,1-3H3/b11-8-,20-17-,24-21-,28-26-,31-29-,39-32-. The molecule has 0 rings (SSSR count). The summed E-state index contributed by atoms with van der Waals surface area (Å²) in [5.41, 5.74) is 0. The van der Waals surface area contributed by atoms with Gasteiger partial charge in [0.25, 0.3) is 0 Å². The molecule has 0 bridgehead atoms. The number of hydrogen-bond acceptors (Lipinski definition) is 6. The van der Waals surface area contributed by atoms with Crippen LogP contribution in [0.4, 0.5) is 0 Å². The lowest BCUT2D eigenvalue weighted by atomic mass is 10.0. The van der Waals surface area contributed by atoms with Crippen molar-refractivity contribution in [3.05, 3.63) is 72.9 Å². The quantitative estimate of drug-likeness (QED) is 0.0261. The van der Waals surface area contributed by atoms with E-state index in [0.717, 1.165) is 96.3 Å². The van der Waals surface area contributed by atoms with Gasteiger partial charge in [0.2, 0.25) is 0 Å². The molecule has 0 aliphatic carbocycles. The lowest BCUT2D eigenvalue weighted by molar-refractivity contribution is -0.167. The van der Waals surface area contributed by atoms with Crippen LogP contribution in [0.2, 0.25) is 0 Å². The van der Waals surface area contributed by atoms with Crippen LogP contribution in [0.3, 0.4) is 0 Å². The number of esters is 3. The molecule has 0 spiro atoms. The summed E-state index contributed by atoms with van der Waals surface area (Å²) in [6, 6.07) is 0.